The summed E-state index contributed by atoms with van der Waals surface area (Å²) in [5.74, 6) is 0. The number of anilines is 3. The van der Waals surface area contributed by atoms with Gasteiger partial charge in [0.1, 0.15) is 0 Å². The highest BCUT2D eigenvalue weighted by Crippen LogP contribution is 2.40. The fourth-order valence-corrected chi connectivity index (χ4v) is 7.94. The number of rotatable bonds is 7. The van der Waals surface area contributed by atoms with Gasteiger partial charge in [0.05, 0.1) is 11.0 Å². The molecule has 10 aromatic rings. The Hall–Kier alpha value is -7.16. The lowest BCUT2D eigenvalue weighted by molar-refractivity contribution is 1.19. The third-order valence-corrected chi connectivity index (χ3v) is 10.6. The van der Waals surface area contributed by atoms with Crippen LogP contribution in [-0.4, -0.2) is 4.57 Å². The summed E-state index contributed by atoms with van der Waals surface area (Å²) in [6, 6.07) is 78.8. The van der Waals surface area contributed by atoms with Crippen LogP contribution in [0.2, 0.25) is 0 Å². The average molecular weight is 689 g/mol. The fraction of sp³-hybridized carbons (Fsp3) is 0. The van der Waals surface area contributed by atoms with Crippen LogP contribution in [0.4, 0.5) is 17.1 Å². The Morgan fingerprint density at radius 2 is 0.759 bits per heavy atom. The minimum absolute atomic E-state index is 1.10. The van der Waals surface area contributed by atoms with Crippen molar-refractivity contribution >= 4 is 49.6 Å². The zero-order valence-corrected chi connectivity index (χ0v) is 29.7. The Morgan fingerprint density at radius 3 is 1.35 bits per heavy atom. The molecule has 0 bridgehead atoms. The van der Waals surface area contributed by atoms with Gasteiger partial charge in [-0.2, -0.15) is 0 Å². The van der Waals surface area contributed by atoms with Crippen LogP contribution >= 0.6 is 0 Å². The summed E-state index contributed by atoms with van der Waals surface area (Å²) in [5.41, 5.74) is 14.1. The number of benzene rings is 9. The quantitative estimate of drug-likeness (QED) is 0.162. The van der Waals surface area contributed by atoms with Crippen molar-refractivity contribution in [3.05, 3.63) is 218 Å². The predicted octanol–water partition coefficient (Wildman–Crippen LogP) is 14.4. The second-order valence-corrected chi connectivity index (χ2v) is 13.8. The molecule has 0 aliphatic carbocycles. The molecule has 254 valence electrons. The van der Waals surface area contributed by atoms with Gasteiger partial charge in [0.25, 0.3) is 0 Å². The summed E-state index contributed by atoms with van der Waals surface area (Å²) in [6.07, 6.45) is 0. The predicted molar refractivity (Wildman–Crippen MR) is 229 cm³/mol. The molecule has 2 nitrogen and oxygen atoms in total. The second kappa shape index (κ2) is 13.4. The van der Waals surface area contributed by atoms with Gasteiger partial charge >= 0.3 is 0 Å². The van der Waals surface area contributed by atoms with Crippen molar-refractivity contribution < 1.29 is 0 Å². The molecule has 1 aromatic heterocycles. The van der Waals surface area contributed by atoms with E-state index in [0.717, 1.165) is 22.7 Å². The van der Waals surface area contributed by atoms with E-state index < -0.39 is 0 Å². The van der Waals surface area contributed by atoms with Crippen LogP contribution in [0.25, 0.3) is 71.6 Å². The van der Waals surface area contributed by atoms with E-state index in [9.17, 15) is 0 Å². The zero-order valence-electron chi connectivity index (χ0n) is 29.7. The normalized spacial score (nSPS) is 11.3. The SMILES string of the molecule is c1ccc(-c2ccc(N(c3ccc(-c4ccccc4)cc3)c3ccc(-c4cccc(-n5c6ccccc6c6ccc7ccccc7c65)c4)cc3)cc2)cc1. The third kappa shape index (κ3) is 5.62. The summed E-state index contributed by atoms with van der Waals surface area (Å²) in [5, 5.41) is 5.04. The molecule has 0 atom stereocenters. The van der Waals surface area contributed by atoms with Gasteiger partial charge in [-0.3, -0.25) is 0 Å². The van der Waals surface area contributed by atoms with E-state index in [4.69, 9.17) is 0 Å². The highest BCUT2D eigenvalue weighted by molar-refractivity contribution is 6.18. The van der Waals surface area contributed by atoms with Crippen molar-refractivity contribution in [3.8, 4) is 39.1 Å². The number of aromatic nitrogens is 1. The molecule has 0 saturated carbocycles. The first-order chi connectivity index (χ1) is 26.8. The number of hydrogen-bond acceptors (Lipinski definition) is 1. The maximum absolute atomic E-state index is 2.44. The van der Waals surface area contributed by atoms with E-state index in [-0.39, 0.29) is 0 Å². The van der Waals surface area contributed by atoms with Gasteiger partial charge in [0.15, 0.2) is 0 Å². The summed E-state index contributed by atoms with van der Waals surface area (Å²) in [7, 11) is 0. The van der Waals surface area contributed by atoms with Gasteiger partial charge in [-0.15, -0.1) is 0 Å². The summed E-state index contributed by atoms with van der Waals surface area (Å²) in [4.78, 5) is 2.34. The lowest BCUT2D eigenvalue weighted by Crippen LogP contribution is -2.09. The van der Waals surface area contributed by atoms with Gasteiger partial charge in [0, 0.05) is 38.9 Å². The minimum atomic E-state index is 1.10. The first-order valence-electron chi connectivity index (χ1n) is 18.5. The lowest BCUT2D eigenvalue weighted by atomic mass is 10.0. The van der Waals surface area contributed by atoms with Crippen LogP contribution in [0.3, 0.4) is 0 Å². The standard InChI is InChI=1S/C52H36N2/c1-3-12-37(13-4-1)39-22-29-44(30-23-39)53(45-31-24-40(25-32-45)38-14-5-2-6-15-38)46-33-26-41(27-34-46)43-17-11-18-47(36-43)54-51-21-10-9-20-49(51)50-35-28-42-16-7-8-19-48(42)52(50)54/h1-36H. The van der Waals surface area contributed by atoms with Crippen molar-refractivity contribution in [1.82, 2.24) is 4.57 Å². The van der Waals surface area contributed by atoms with Crippen LogP contribution < -0.4 is 4.90 Å². The molecule has 0 aliphatic rings. The van der Waals surface area contributed by atoms with Crippen LogP contribution in [0.15, 0.2) is 218 Å². The van der Waals surface area contributed by atoms with E-state index in [1.54, 1.807) is 0 Å². The van der Waals surface area contributed by atoms with Gasteiger partial charge in [-0.05, 0) is 93.4 Å². The second-order valence-electron chi connectivity index (χ2n) is 13.8. The molecule has 9 aromatic carbocycles. The summed E-state index contributed by atoms with van der Waals surface area (Å²) >= 11 is 0. The maximum atomic E-state index is 2.44. The molecule has 1 heterocycles. The van der Waals surface area contributed by atoms with E-state index >= 15 is 0 Å². The molecule has 0 aliphatic heterocycles. The molecular formula is C52H36N2. The molecular weight excluding hydrogens is 653 g/mol. The molecule has 0 N–H and O–H groups in total. The lowest BCUT2D eigenvalue weighted by Gasteiger charge is -2.26. The summed E-state index contributed by atoms with van der Waals surface area (Å²) < 4.78 is 2.44. The Balaban J connectivity index is 1.04. The highest BCUT2D eigenvalue weighted by Gasteiger charge is 2.17. The van der Waals surface area contributed by atoms with Crippen LogP contribution in [-0.2, 0) is 0 Å². The van der Waals surface area contributed by atoms with E-state index in [1.807, 2.05) is 0 Å². The molecule has 0 radical (unpaired) electrons. The molecule has 0 fully saturated rings. The Morgan fingerprint density at radius 1 is 0.296 bits per heavy atom. The average Bonchev–Trinajstić information content (AvgIpc) is 3.60. The monoisotopic (exact) mass is 688 g/mol. The van der Waals surface area contributed by atoms with Crippen molar-refractivity contribution in [3.63, 3.8) is 0 Å². The van der Waals surface area contributed by atoms with Crippen molar-refractivity contribution in [2.75, 3.05) is 4.90 Å². The Labute approximate surface area is 315 Å². The fourth-order valence-electron chi connectivity index (χ4n) is 7.94. The van der Waals surface area contributed by atoms with E-state index in [0.29, 0.717) is 0 Å². The summed E-state index contributed by atoms with van der Waals surface area (Å²) in [6.45, 7) is 0. The van der Waals surface area contributed by atoms with Gasteiger partial charge in [-0.1, -0.05) is 164 Å². The van der Waals surface area contributed by atoms with Crippen molar-refractivity contribution in [2.24, 2.45) is 0 Å². The molecule has 2 heteroatoms. The Bertz CT molecular complexity index is 2810. The first-order valence-corrected chi connectivity index (χ1v) is 18.5. The van der Waals surface area contributed by atoms with Gasteiger partial charge in [0.2, 0.25) is 0 Å². The Kier molecular flexibility index (Phi) is 7.85. The third-order valence-electron chi connectivity index (χ3n) is 10.6. The molecule has 0 unspecified atom stereocenters. The molecule has 0 saturated heterocycles. The number of fused-ring (bicyclic) bond motifs is 5. The zero-order chi connectivity index (χ0) is 35.8. The van der Waals surface area contributed by atoms with Crippen LogP contribution in [0.1, 0.15) is 0 Å². The van der Waals surface area contributed by atoms with Crippen LogP contribution in [0, 0.1) is 0 Å². The number of hydrogen-bond donors (Lipinski definition) is 0. The number of para-hydroxylation sites is 1. The highest BCUT2D eigenvalue weighted by atomic mass is 15.1. The number of nitrogens with zero attached hydrogens (tertiary/aromatic N) is 2. The topological polar surface area (TPSA) is 8.17 Å². The maximum Gasteiger partial charge on any atom is 0.0619 e. The van der Waals surface area contributed by atoms with Crippen LogP contribution in [0.5, 0.6) is 0 Å². The molecule has 54 heavy (non-hydrogen) atoms. The van der Waals surface area contributed by atoms with E-state index in [2.05, 4.69) is 228 Å². The smallest absolute Gasteiger partial charge is 0.0619 e. The largest absolute Gasteiger partial charge is 0.311 e. The molecule has 0 spiro atoms. The molecule has 0 amide bonds. The molecule has 10 rings (SSSR count). The van der Waals surface area contributed by atoms with E-state index in [1.165, 1.54) is 66.0 Å². The van der Waals surface area contributed by atoms with Gasteiger partial charge in [-0.25, -0.2) is 0 Å². The van der Waals surface area contributed by atoms with Gasteiger partial charge < -0.3 is 9.47 Å². The first kappa shape index (κ1) is 31.6. The van der Waals surface area contributed by atoms with Crippen molar-refractivity contribution in [2.45, 2.75) is 0 Å². The van der Waals surface area contributed by atoms with Crippen molar-refractivity contribution in [1.29, 1.82) is 0 Å². The minimum Gasteiger partial charge on any atom is -0.311 e.